The van der Waals surface area contributed by atoms with Crippen LogP contribution in [0.4, 0.5) is 5.69 Å². The van der Waals surface area contributed by atoms with E-state index in [4.69, 9.17) is 0 Å². The number of amides is 1. The van der Waals surface area contributed by atoms with Gasteiger partial charge in [0.1, 0.15) is 0 Å². The molecule has 0 fully saturated rings. The van der Waals surface area contributed by atoms with Crippen LogP contribution < -0.4 is 0 Å². The van der Waals surface area contributed by atoms with Crippen molar-refractivity contribution < 1.29 is 9.72 Å². The Balaban J connectivity index is 1.92. The number of nitrogens with zero attached hydrogens (tertiary/aromatic N) is 4. The van der Waals surface area contributed by atoms with E-state index in [1.807, 2.05) is 20.8 Å². The summed E-state index contributed by atoms with van der Waals surface area (Å²) >= 11 is 0. The summed E-state index contributed by atoms with van der Waals surface area (Å²) in [5.41, 5.74) is 4.07. The predicted molar refractivity (Wildman–Crippen MR) is 103 cm³/mol. The van der Waals surface area contributed by atoms with Crippen molar-refractivity contribution in [2.24, 2.45) is 0 Å². The number of hydrogen-bond donors (Lipinski definition) is 0. The van der Waals surface area contributed by atoms with Gasteiger partial charge in [0, 0.05) is 23.7 Å². The average molecular weight is 364 g/mol. The van der Waals surface area contributed by atoms with Gasteiger partial charge >= 0.3 is 0 Å². The van der Waals surface area contributed by atoms with Crippen molar-refractivity contribution >= 4 is 22.6 Å². The van der Waals surface area contributed by atoms with E-state index < -0.39 is 4.92 Å². The number of nitro benzene ring substituents is 1. The lowest BCUT2D eigenvalue weighted by Crippen LogP contribution is -2.30. The molecule has 1 aromatic heterocycles. The number of fused-ring (bicyclic) bond motifs is 1. The van der Waals surface area contributed by atoms with Gasteiger partial charge < -0.3 is 4.90 Å². The van der Waals surface area contributed by atoms with Crippen molar-refractivity contribution in [3.8, 4) is 0 Å². The van der Waals surface area contributed by atoms with Gasteiger partial charge in [0.2, 0.25) is 0 Å². The molecule has 0 saturated carbocycles. The number of carbonyl (C=O) groups is 1. The maximum absolute atomic E-state index is 13.0. The minimum absolute atomic E-state index is 0.0132. The molecule has 138 valence electrons. The Morgan fingerprint density at radius 3 is 2.41 bits per heavy atom. The van der Waals surface area contributed by atoms with Gasteiger partial charge in [-0.15, -0.1) is 0 Å². The number of nitro groups is 1. The monoisotopic (exact) mass is 364 g/mol. The number of aromatic nitrogens is 2. The number of carbonyl (C=O) groups excluding carboxylic acids is 1. The lowest BCUT2D eigenvalue weighted by Gasteiger charge is -2.21. The highest BCUT2D eigenvalue weighted by molar-refractivity contribution is 5.97. The highest BCUT2D eigenvalue weighted by atomic mass is 16.6. The van der Waals surface area contributed by atoms with Crippen LogP contribution in [0.3, 0.4) is 0 Å². The van der Waals surface area contributed by atoms with E-state index in [1.165, 1.54) is 6.07 Å². The normalized spacial score (nSPS) is 10.8. The number of benzene rings is 2. The van der Waals surface area contributed by atoms with Crippen LogP contribution in [0.1, 0.15) is 34.2 Å². The molecular weight excluding hydrogens is 344 g/mol. The molecule has 0 bridgehead atoms. The summed E-state index contributed by atoms with van der Waals surface area (Å²) in [5.74, 6) is -0.197. The summed E-state index contributed by atoms with van der Waals surface area (Å²) in [6, 6.07) is 11.7. The molecule has 27 heavy (non-hydrogen) atoms. The van der Waals surface area contributed by atoms with Crippen LogP contribution >= 0.6 is 0 Å². The molecule has 7 nitrogen and oxygen atoms in total. The highest BCUT2D eigenvalue weighted by Crippen LogP contribution is 2.21. The molecule has 0 N–H and O–H groups in total. The van der Waals surface area contributed by atoms with E-state index in [1.54, 1.807) is 41.3 Å². The van der Waals surface area contributed by atoms with E-state index in [-0.39, 0.29) is 18.1 Å². The summed E-state index contributed by atoms with van der Waals surface area (Å²) in [4.78, 5) is 34.3. The third-order valence-corrected chi connectivity index (χ3v) is 4.54. The molecule has 0 radical (unpaired) electrons. The van der Waals surface area contributed by atoms with E-state index in [2.05, 4.69) is 9.97 Å². The van der Waals surface area contributed by atoms with Gasteiger partial charge in [0.15, 0.2) is 0 Å². The molecule has 3 aromatic rings. The summed E-state index contributed by atoms with van der Waals surface area (Å²) in [6.07, 6.45) is 0. The zero-order chi connectivity index (χ0) is 19.6. The van der Waals surface area contributed by atoms with Crippen LogP contribution in [0.15, 0.2) is 42.5 Å². The van der Waals surface area contributed by atoms with E-state index >= 15 is 0 Å². The number of rotatable bonds is 5. The number of hydrogen-bond acceptors (Lipinski definition) is 5. The maximum atomic E-state index is 13.0. The van der Waals surface area contributed by atoms with Crippen LogP contribution in [0, 0.1) is 24.0 Å². The van der Waals surface area contributed by atoms with Crippen molar-refractivity contribution in [1.82, 2.24) is 14.9 Å². The molecule has 0 saturated heterocycles. The van der Waals surface area contributed by atoms with E-state index in [0.717, 1.165) is 16.9 Å². The number of para-hydroxylation sites is 1. The van der Waals surface area contributed by atoms with Crippen LogP contribution in [0.25, 0.3) is 11.0 Å². The fourth-order valence-electron chi connectivity index (χ4n) is 2.90. The van der Waals surface area contributed by atoms with Gasteiger partial charge in [0.05, 0.1) is 33.9 Å². The summed E-state index contributed by atoms with van der Waals surface area (Å²) in [5, 5.41) is 11.2. The van der Waals surface area contributed by atoms with Crippen molar-refractivity contribution in [1.29, 1.82) is 0 Å². The van der Waals surface area contributed by atoms with Crippen molar-refractivity contribution in [2.75, 3.05) is 6.54 Å². The van der Waals surface area contributed by atoms with Gasteiger partial charge in [0.25, 0.3) is 11.6 Å². The van der Waals surface area contributed by atoms with Crippen molar-refractivity contribution in [3.63, 3.8) is 0 Å². The first-order valence-electron chi connectivity index (χ1n) is 8.67. The Morgan fingerprint density at radius 2 is 1.74 bits per heavy atom. The lowest BCUT2D eigenvalue weighted by molar-refractivity contribution is -0.385. The molecule has 0 aliphatic rings. The molecule has 0 aliphatic carbocycles. The van der Waals surface area contributed by atoms with Crippen molar-refractivity contribution in [3.05, 3.63) is 75.1 Å². The van der Waals surface area contributed by atoms with Gasteiger partial charge in [-0.2, -0.15) is 0 Å². The fraction of sp³-hybridized carbons (Fsp3) is 0.250. The second-order valence-electron chi connectivity index (χ2n) is 6.30. The SMILES string of the molecule is CCN(Cc1ccccc1[N+](=O)[O-])C(=O)c1ccc2nc(C)c(C)nc2c1. The molecule has 0 aliphatic heterocycles. The Hall–Kier alpha value is -3.35. The summed E-state index contributed by atoms with van der Waals surface area (Å²) in [6.45, 7) is 6.22. The van der Waals surface area contributed by atoms with Crippen molar-refractivity contribution in [2.45, 2.75) is 27.3 Å². The molecule has 0 unspecified atom stereocenters. The molecule has 0 spiro atoms. The summed E-state index contributed by atoms with van der Waals surface area (Å²) < 4.78 is 0. The average Bonchev–Trinajstić information content (AvgIpc) is 2.66. The standard InChI is InChI=1S/C20H20N4O3/c1-4-23(12-16-7-5-6-8-19(16)24(26)27)20(25)15-9-10-17-18(11-15)22-14(3)13(2)21-17/h5-11H,4,12H2,1-3H3. The summed E-state index contributed by atoms with van der Waals surface area (Å²) in [7, 11) is 0. The minimum Gasteiger partial charge on any atom is -0.334 e. The van der Waals surface area contributed by atoms with Gasteiger partial charge in [-0.05, 0) is 39.0 Å². The first-order valence-corrected chi connectivity index (χ1v) is 8.67. The zero-order valence-corrected chi connectivity index (χ0v) is 15.5. The minimum atomic E-state index is -0.426. The van der Waals surface area contributed by atoms with Crippen LogP contribution in [-0.4, -0.2) is 32.2 Å². The molecule has 0 atom stereocenters. The first-order chi connectivity index (χ1) is 12.9. The zero-order valence-electron chi connectivity index (χ0n) is 15.5. The van der Waals surface area contributed by atoms with Gasteiger partial charge in [-0.1, -0.05) is 18.2 Å². The Kier molecular flexibility index (Phi) is 5.12. The van der Waals surface area contributed by atoms with Crippen LogP contribution in [-0.2, 0) is 6.54 Å². The highest BCUT2D eigenvalue weighted by Gasteiger charge is 2.20. The second-order valence-corrected chi connectivity index (χ2v) is 6.30. The van der Waals surface area contributed by atoms with E-state index in [9.17, 15) is 14.9 Å². The quantitative estimate of drug-likeness (QED) is 0.507. The second kappa shape index (κ2) is 7.49. The third kappa shape index (κ3) is 3.76. The molecule has 2 aromatic carbocycles. The van der Waals surface area contributed by atoms with Gasteiger partial charge in [-0.25, -0.2) is 9.97 Å². The number of aryl methyl sites for hydroxylation is 2. The smallest absolute Gasteiger partial charge is 0.274 e. The molecule has 3 rings (SSSR count). The molecular formula is C20H20N4O3. The fourth-order valence-corrected chi connectivity index (χ4v) is 2.90. The molecule has 7 heteroatoms. The predicted octanol–water partition coefficient (Wildman–Crippen LogP) is 3.82. The largest absolute Gasteiger partial charge is 0.334 e. The third-order valence-electron chi connectivity index (χ3n) is 4.54. The Bertz CT molecular complexity index is 1030. The Labute approximate surface area is 156 Å². The topological polar surface area (TPSA) is 89.2 Å². The molecule has 1 amide bonds. The van der Waals surface area contributed by atoms with Crippen LogP contribution in [0.5, 0.6) is 0 Å². The van der Waals surface area contributed by atoms with Crippen LogP contribution in [0.2, 0.25) is 0 Å². The molecule has 1 heterocycles. The first kappa shape index (κ1) is 18.4. The van der Waals surface area contributed by atoms with Gasteiger partial charge in [-0.3, -0.25) is 14.9 Å². The van der Waals surface area contributed by atoms with E-state index in [0.29, 0.717) is 23.2 Å². The Morgan fingerprint density at radius 1 is 1.07 bits per heavy atom. The lowest BCUT2D eigenvalue weighted by atomic mass is 10.1. The maximum Gasteiger partial charge on any atom is 0.274 e.